The molecule has 0 aliphatic carbocycles. The molecule has 0 unspecified atom stereocenters. The molecule has 0 saturated carbocycles. The molecule has 0 atom stereocenters. The van der Waals surface area contributed by atoms with Crippen molar-refractivity contribution < 1.29 is 14.3 Å². The van der Waals surface area contributed by atoms with Crippen molar-refractivity contribution in [3.05, 3.63) is 71.9 Å². The highest BCUT2D eigenvalue weighted by atomic mass is 16.5. The van der Waals surface area contributed by atoms with E-state index in [1.54, 1.807) is 37.4 Å². The van der Waals surface area contributed by atoms with Crippen LogP contribution in [0.3, 0.4) is 0 Å². The van der Waals surface area contributed by atoms with Gasteiger partial charge >= 0.3 is 0 Å². The zero-order valence-electron chi connectivity index (χ0n) is 16.3. The van der Waals surface area contributed by atoms with Gasteiger partial charge in [-0.2, -0.15) is 0 Å². The third kappa shape index (κ3) is 5.46. The minimum Gasteiger partial charge on any atom is -0.383 e. The summed E-state index contributed by atoms with van der Waals surface area (Å²) in [5.41, 5.74) is 2.07. The fourth-order valence-electron chi connectivity index (χ4n) is 2.66. The zero-order chi connectivity index (χ0) is 20.6. The van der Waals surface area contributed by atoms with Crippen LogP contribution in [-0.4, -0.2) is 41.9 Å². The van der Waals surface area contributed by atoms with E-state index < -0.39 is 0 Å². The molecule has 0 spiro atoms. The van der Waals surface area contributed by atoms with E-state index in [2.05, 4.69) is 20.6 Å². The molecule has 0 radical (unpaired) electrons. The van der Waals surface area contributed by atoms with Gasteiger partial charge in [0, 0.05) is 36.5 Å². The van der Waals surface area contributed by atoms with Crippen molar-refractivity contribution in [2.24, 2.45) is 0 Å². The van der Waals surface area contributed by atoms with Gasteiger partial charge in [-0.3, -0.25) is 9.59 Å². The third-order valence-corrected chi connectivity index (χ3v) is 4.13. The first-order valence-corrected chi connectivity index (χ1v) is 9.16. The van der Waals surface area contributed by atoms with Gasteiger partial charge in [0.2, 0.25) is 0 Å². The van der Waals surface area contributed by atoms with E-state index in [0.717, 1.165) is 5.56 Å². The molecule has 3 rings (SSSR count). The second-order valence-corrected chi connectivity index (χ2v) is 6.34. The average Bonchev–Trinajstić information content (AvgIpc) is 2.74. The summed E-state index contributed by atoms with van der Waals surface area (Å²) in [6.45, 7) is 2.53. The number of hydrogen-bond acceptors (Lipinski definition) is 6. The fourth-order valence-corrected chi connectivity index (χ4v) is 2.66. The van der Waals surface area contributed by atoms with Crippen LogP contribution in [0.15, 0.2) is 60.7 Å². The number of benzene rings is 2. The predicted molar refractivity (Wildman–Crippen MR) is 112 cm³/mol. The molecule has 0 saturated heterocycles. The minimum absolute atomic E-state index is 0.0703. The van der Waals surface area contributed by atoms with Gasteiger partial charge in [-0.15, -0.1) is 0 Å². The Morgan fingerprint density at radius 2 is 1.79 bits per heavy atom. The maximum Gasteiger partial charge on any atom is 0.274 e. The number of methoxy groups -OCH3 is 1. The summed E-state index contributed by atoms with van der Waals surface area (Å²) < 4.78 is 5.05. The number of ketones is 1. The van der Waals surface area contributed by atoms with Crippen molar-refractivity contribution in [2.75, 3.05) is 30.9 Å². The number of amides is 1. The maximum absolute atomic E-state index is 12.8. The van der Waals surface area contributed by atoms with Gasteiger partial charge in [-0.1, -0.05) is 42.5 Å². The second-order valence-electron chi connectivity index (χ2n) is 6.34. The van der Waals surface area contributed by atoms with Gasteiger partial charge in [0.05, 0.1) is 6.61 Å². The number of anilines is 2. The number of carbonyl (C=O) groups is 2. The lowest BCUT2D eigenvalue weighted by atomic mass is 10.1. The van der Waals surface area contributed by atoms with Gasteiger partial charge in [0.15, 0.2) is 11.6 Å². The molecule has 3 aromatic rings. The Kier molecular flexibility index (Phi) is 6.65. The van der Waals surface area contributed by atoms with Crippen LogP contribution >= 0.6 is 0 Å². The summed E-state index contributed by atoms with van der Waals surface area (Å²) in [4.78, 5) is 33.3. The minimum atomic E-state index is -0.389. The highest BCUT2D eigenvalue weighted by Crippen LogP contribution is 2.19. The third-order valence-electron chi connectivity index (χ3n) is 4.13. The first-order chi connectivity index (χ1) is 14.1. The Balaban J connectivity index is 1.90. The largest absolute Gasteiger partial charge is 0.383 e. The number of nitrogens with one attached hydrogen (secondary N) is 2. The van der Waals surface area contributed by atoms with Crippen LogP contribution in [0.4, 0.5) is 11.5 Å². The molecule has 0 bridgehead atoms. The van der Waals surface area contributed by atoms with Gasteiger partial charge in [0.25, 0.3) is 5.91 Å². The van der Waals surface area contributed by atoms with Crippen LogP contribution in [0.1, 0.15) is 27.8 Å². The zero-order valence-corrected chi connectivity index (χ0v) is 16.3. The summed E-state index contributed by atoms with van der Waals surface area (Å²) in [5, 5.41) is 5.93. The molecule has 1 heterocycles. The monoisotopic (exact) mass is 390 g/mol. The lowest BCUT2D eigenvalue weighted by Crippen LogP contribution is -2.17. The molecular weight excluding hydrogens is 368 g/mol. The number of aromatic nitrogens is 2. The number of nitrogens with zero attached hydrogens (tertiary/aromatic N) is 2. The second kappa shape index (κ2) is 9.57. The molecule has 0 aliphatic rings. The molecule has 7 heteroatoms. The SMILES string of the molecule is COCCNc1cc(C(=O)Nc2cccc(C(C)=O)c2)nc(-c2ccccc2)n1. The van der Waals surface area contributed by atoms with E-state index in [9.17, 15) is 9.59 Å². The number of hydrogen-bond donors (Lipinski definition) is 2. The average molecular weight is 390 g/mol. The van der Waals surface area contributed by atoms with Crippen LogP contribution in [-0.2, 0) is 4.74 Å². The van der Waals surface area contributed by atoms with Crippen LogP contribution in [0.25, 0.3) is 11.4 Å². The van der Waals surface area contributed by atoms with E-state index in [1.165, 1.54) is 6.92 Å². The predicted octanol–water partition coefficient (Wildman–Crippen LogP) is 3.66. The molecule has 1 amide bonds. The van der Waals surface area contributed by atoms with Crippen LogP contribution in [0.5, 0.6) is 0 Å². The summed E-state index contributed by atoms with van der Waals surface area (Å²) in [5.74, 6) is 0.508. The van der Waals surface area contributed by atoms with Gasteiger partial charge in [-0.05, 0) is 19.1 Å². The molecule has 0 aliphatic heterocycles. The summed E-state index contributed by atoms with van der Waals surface area (Å²) in [6, 6.07) is 17.8. The van der Waals surface area contributed by atoms with Crippen LogP contribution < -0.4 is 10.6 Å². The Morgan fingerprint density at radius 1 is 1.00 bits per heavy atom. The Bertz CT molecular complexity index is 1010. The van der Waals surface area contributed by atoms with Crippen molar-refractivity contribution in [2.45, 2.75) is 6.92 Å². The van der Waals surface area contributed by atoms with E-state index in [0.29, 0.717) is 36.0 Å². The van der Waals surface area contributed by atoms with Crippen molar-refractivity contribution >= 4 is 23.2 Å². The van der Waals surface area contributed by atoms with Gasteiger partial charge in [0.1, 0.15) is 11.5 Å². The Morgan fingerprint density at radius 3 is 2.52 bits per heavy atom. The van der Waals surface area contributed by atoms with Gasteiger partial charge < -0.3 is 15.4 Å². The molecule has 7 nitrogen and oxygen atoms in total. The molecule has 29 heavy (non-hydrogen) atoms. The highest BCUT2D eigenvalue weighted by Gasteiger charge is 2.14. The smallest absolute Gasteiger partial charge is 0.274 e. The summed E-state index contributed by atoms with van der Waals surface area (Å²) in [7, 11) is 1.62. The number of rotatable bonds is 8. The quantitative estimate of drug-likeness (QED) is 0.450. The molecule has 1 aromatic heterocycles. The van der Waals surface area contributed by atoms with Crippen LogP contribution in [0, 0.1) is 0 Å². The number of carbonyl (C=O) groups excluding carboxylic acids is 2. The molecule has 0 fully saturated rings. The normalized spacial score (nSPS) is 10.4. The lowest BCUT2D eigenvalue weighted by Gasteiger charge is -2.11. The lowest BCUT2D eigenvalue weighted by molar-refractivity contribution is 0.100. The van der Waals surface area contributed by atoms with Crippen molar-refractivity contribution in [1.29, 1.82) is 0 Å². The van der Waals surface area contributed by atoms with Crippen molar-refractivity contribution in [3.63, 3.8) is 0 Å². The van der Waals surface area contributed by atoms with E-state index in [1.807, 2.05) is 30.3 Å². The first kappa shape index (κ1) is 20.2. The standard InChI is InChI=1S/C22H22N4O3/c1-15(27)17-9-6-10-18(13-17)24-22(28)19-14-20(23-11-12-29-2)26-21(25-19)16-7-4-3-5-8-16/h3-10,13-14H,11-12H2,1-2H3,(H,24,28)(H,23,25,26). The number of ether oxygens (including phenoxy) is 1. The first-order valence-electron chi connectivity index (χ1n) is 9.16. The van der Waals surface area contributed by atoms with Crippen molar-refractivity contribution in [3.8, 4) is 11.4 Å². The summed E-state index contributed by atoms with van der Waals surface area (Å²) >= 11 is 0. The number of Topliss-reactive ketones (excluding diaryl/α,β-unsaturated/α-hetero) is 1. The molecule has 2 aromatic carbocycles. The van der Waals surface area contributed by atoms with Gasteiger partial charge in [-0.25, -0.2) is 9.97 Å². The maximum atomic E-state index is 12.8. The Hall–Kier alpha value is -3.58. The molecule has 148 valence electrons. The fraction of sp³-hybridized carbons (Fsp3) is 0.182. The molecule has 2 N–H and O–H groups in total. The summed E-state index contributed by atoms with van der Waals surface area (Å²) in [6.07, 6.45) is 0. The topological polar surface area (TPSA) is 93.2 Å². The van der Waals surface area contributed by atoms with Crippen molar-refractivity contribution in [1.82, 2.24) is 9.97 Å². The highest BCUT2D eigenvalue weighted by molar-refractivity contribution is 6.04. The van der Waals surface area contributed by atoms with E-state index in [-0.39, 0.29) is 17.4 Å². The Labute approximate surface area is 169 Å². The van der Waals surface area contributed by atoms with E-state index >= 15 is 0 Å². The van der Waals surface area contributed by atoms with E-state index in [4.69, 9.17) is 4.74 Å². The van der Waals surface area contributed by atoms with Crippen LogP contribution in [0.2, 0.25) is 0 Å². The molecular formula is C22H22N4O3.